The fraction of sp³-hybridized carbons (Fsp3) is 0.917. The van der Waals surface area contributed by atoms with Crippen molar-refractivity contribution in [3.63, 3.8) is 0 Å². The molecule has 0 saturated carbocycles. The van der Waals surface area contributed by atoms with Crippen molar-refractivity contribution in [2.75, 3.05) is 34.7 Å². The Kier molecular flexibility index (Phi) is 12.9. The molecule has 0 heterocycles. The van der Waals surface area contributed by atoms with Gasteiger partial charge in [0.2, 0.25) is 11.8 Å². The van der Waals surface area contributed by atoms with Crippen LogP contribution in [0.2, 0.25) is 0 Å². The van der Waals surface area contributed by atoms with E-state index in [-0.39, 0.29) is 23.7 Å². The monoisotopic (exact) mass is 443 g/mol. The summed E-state index contributed by atoms with van der Waals surface area (Å²) >= 11 is 0. The molecule has 2 amide bonds. The summed E-state index contributed by atoms with van der Waals surface area (Å²) in [5, 5.41) is 19.6. The third kappa shape index (κ3) is 9.46. The number of likely N-dealkylation sites (N-methyl/N-ethyl adjacent to an activating group) is 1. The smallest absolute Gasteiger partial charge is 0.227 e. The third-order valence-electron chi connectivity index (χ3n) is 6.93. The quantitative estimate of drug-likeness (QED) is 0.456. The lowest BCUT2D eigenvalue weighted by Crippen LogP contribution is -2.50. The fourth-order valence-electron chi connectivity index (χ4n) is 4.08. The van der Waals surface area contributed by atoms with E-state index in [1.54, 1.807) is 32.8 Å². The van der Waals surface area contributed by atoms with Gasteiger partial charge < -0.3 is 24.9 Å². The highest BCUT2D eigenvalue weighted by molar-refractivity contribution is 5.81. The van der Waals surface area contributed by atoms with Gasteiger partial charge in [-0.05, 0) is 59.5 Å². The maximum absolute atomic E-state index is 13.0. The number of carbonyl (C=O) groups excluding carboxylic acids is 2. The Morgan fingerprint density at radius 2 is 1.32 bits per heavy atom. The van der Waals surface area contributed by atoms with Crippen LogP contribution in [0.4, 0.5) is 0 Å². The van der Waals surface area contributed by atoms with E-state index in [1.807, 2.05) is 6.92 Å². The highest BCUT2D eigenvalue weighted by Gasteiger charge is 2.31. The van der Waals surface area contributed by atoms with Crippen LogP contribution in [0, 0.1) is 23.7 Å². The Morgan fingerprint density at radius 1 is 0.806 bits per heavy atom. The molecule has 0 aromatic heterocycles. The summed E-state index contributed by atoms with van der Waals surface area (Å²) in [6, 6.07) is -0.00425. The Bertz CT molecular complexity index is 555. The predicted molar refractivity (Wildman–Crippen MR) is 127 cm³/mol. The summed E-state index contributed by atoms with van der Waals surface area (Å²) in [7, 11) is 7.56. The maximum Gasteiger partial charge on any atom is 0.227 e. The van der Waals surface area contributed by atoms with E-state index in [0.29, 0.717) is 18.5 Å². The van der Waals surface area contributed by atoms with Gasteiger partial charge in [-0.1, -0.05) is 27.7 Å². The molecule has 0 aliphatic heterocycles. The molecule has 0 radical (unpaired) electrons. The molecular weight excluding hydrogens is 394 g/mol. The summed E-state index contributed by atoms with van der Waals surface area (Å²) in [6.45, 7) is 13.9. The van der Waals surface area contributed by atoms with Crippen molar-refractivity contribution in [2.24, 2.45) is 23.7 Å². The third-order valence-corrected chi connectivity index (χ3v) is 6.93. The van der Waals surface area contributed by atoms with E-state index in [2.05, 4.69) is 39.8 Å². The lowest BCUT2D eigenvalue weighted by atomic mass is 9.84. The van der Waals surface area contributed by atoms with Crippen molar-refractivity contribution in [2.45, 2.75) is 85.6 Å². The Balaban J connectivity index is 4.82. The predicted octanol–water partition coefficient (Wildman–Crippen LogP) is 2.31. The van der Waals surface area contributed by atoms with Crippen molar-refractivity contribution in [3.05, 3.63) is 0 Å². The average Bonchev–Trinajstić information content (AvgIpc) is 2.69. The zero-order valence-corrected chi connectivity index (χ0v) is 21.8. The number of nitrogens with zero attached hydrogens (tertiary/aromatic N) is 3. The molecule has 0 saturated heterocycles. The van der Waals surface area contributed by atoms with Crippen LogP contribution in [-0.2, 0) is 9.59 Å². The van der Waals surface area contributed by atoms with Crippen LogP contribution in [0.15, 0.2) is 0 Å². The number of aliphatic hydroxyl groups is 2. The number of amides is 2. The van der Waals surface area contributed by atoms with Gasteiger partial charge >= 0.3 is 0 Å². The van der Waals surface area contributed by atoms with Gasteiger partial charge in [-0.25, -0.2) is 0 Å². The maximum atomic E-state index is 13.0. The SMILES string of the molecule is CC(CC(C)C(C)C(=O)N(C)CC(C)C(=O)N(C)C(C)[C@@H](O)C(C)O)CC(C)N(C)C. The Hall–Kier alpha value is -1.18. The summed E-state index contributed by atoms with van der Waals surface area (Å²) in [4.78, 5) is 31.1. The van der Waals surface area contributed by atoms with Gasteiger partial charge in [0, 0.05) is 32.6 Å². The summed E-state index contributed by atoms with van der Waals surface area (Å²) in [5.74, 6) is 0.180. The standard InChI is InChI=1S/C24H49N3O4/c1-15(13-18(4)25(8)9)12-16(2)19(5)24(31)26(10)14-17(3)23(30)27(11)20(6)22(29)21(7)28/h15-22,28-29H,12-14H2,1-11H3/t15?,16?,17?,18?,19?,20?,21?,22-/m1/s1. The lowest BCUT2D eigenvalue weighted by molar-refractivity contribution is -0.142. The summed E-state index contributed by atoms with van der Waals surface area (Å²) in [6.07, 6.45) is 0.154. The van der Waals surface area contributed by atoms with Crippen molar-refractivity contribution in [1.82, 2.24) is 14.7 Å². The molecule has 0 aromatic carbocycles. The second kappa shape index (κ2) is 13.4. The van der Waals surface area contributed by atoms with Crippen LogP contribution in [0.5, 0.6) is 0 Å². The molecule has 0 fully saturated rings. The second-order valence-corrected chi connectivity index (χ2v) is 10.2. The fourth-order valence-corrected chi connectivity index (χ4v) is 4.08. The van der Waals surface area contributed by atoms with Gasteiger partial charge in [0.15, 0.2) is 0 Å². The van der Waals surface area contributed by atoms with Gasteiger partial charge in [-0.15, -0.1) is 0 Å². The zero-order chi connectivity index (χ0) is 24.6. The minimum atomic E-state index is -1.02. The molecular formula is C24H49N3O4. The molecule has 31 heavy (non-hydrogen) atoms. The molecule has 0 aliphatic carbocycles. The number of hydrogen-bond acceptors (Lipinski definition) is 5. The van der Waals surface area contributed by atoms with Gasteiger partial charge in [0.25, 0.3) is 0 Å². The molecule has 7 unspecified atom stereocenters. The highest BCUT2D eigenvalue weighted by Crippen LogP contribution is 2.25. The Morgan fingerprint density at radius 3 is 1.77 bits per heavy atom. The highest BCUT2D eigenvalue weighted by atomic mass is 16.3. The minimum Gasteiger partial charge on any atom is -0.391 e. The van der Waals surface area contributed by atoms with Gasteiger partial charge in [-0.2, -0.15) is 0 Å². The first kappa shape index (κ1) is 29.8. The first-order valence-electron chi connectivity index (χ1n) is 11.7. The van der Waals surface area contributed by atoms with Crippen molar-refractivity contribution < 1.29 is 19.8 Å². The first-order chi connectivity index (χ1) is 14.1. The molecule has 2 N–H and O–H groups in total. The van der Waals surface area contributed by atoms with Crippen molar-refractivity contribution >= 4 is 11.8 Å². The van der Waals surface area contributed by atoms with Crippen LogP contribution in [-0.4, -0.2) is 95.8 Å². The minimum absolute atomic E-state index is 0.0553. The van der Waals surface area contributed by atoms with Crippen LogP contribution < -0.4 is 0 Å². The normalized spacial score (nSPS) is 19.7. The topological polar surface area (TPSA) is 84.3 Å². The number of rotatable bonds is 13. The van der Waals surface area contributed by atoms with E-state index in [9.17, 15) is 19.8 Å². The molecule has 0 aliphatic rings. The van der Waals surface area contributed by atoms with Crippen molar-refractivity contribution in [3.8, 4) is 0 Å². The summed E-state index contributed by atoms with van der Waals surface area (Å²) < 4.78 is 0. The van der Waals surface area contributed by atoms with Crippen LogP contribution >= 0.6 is 0 Å². The van der Waals surface area contributed by atoms with E-state index in [1.165, 1.54) is 11.8 Å². The molecule has 184 valence electrons. The van der Waals surface area contributed by atoms with Crippen LogP contribution in [0.1, 0.15) is 61.3 Å². The zero-order valence-electron chi connectivity index (χ0n) is 21.8. The molecule has 0 bridgehead atoms. The first-order valence-corrected chi connectivity index (χ1v) is 11.7. The number of aliphatic hydroxyl groups excluding tert-OH is 2. The van der Waals surface area contributed by atoms with E-state index >= 15 is 0 Å². The largest absolute Gasteiger partial charge is 0.391 e. The molecule has 7 nitrogen and oxygen atoms in total. The number of hydrogen-bond donors (Lipinski definition) is 2. The van der Waals surface area contributed by atoms with Crippen LogP contribution in [0.25, 0.3) is 0 Å². The second-order valence-electron chi connectivity index (χ2n) is 10.2. The van der Waals surface area contributed by atoms with Crippen LogP contribution in [0.3, 0.4) is 0 Å². The number of carbonyl (C=O) groups is 2. The Labute approximate surface area is 190 Å². The molecule has 0 rings (SSSR count). The molecule has 7 heteroatoms. The van der Waals surface area contributed by atoms with Gasteiger partial charge in [0.05, 0.1) is 24.2 Å². The molecule has 0 aromatic rings. The van der Waals surface area contributed by atoms with Gasteiger partial charge in [0.1, 0.15) is 0 Å². The van der Waals surface area contributed by atoms with Gasteiger partial charge in [-0.3, -0.25) is 9.59 Å². The van der Waals surface area contributed by atoms with Crippen molar-refractivity contribution in [1.29, 1.82) is 0 Å². The van der Waals surface area contributed by atoms with E-state index < -0.39 is 24.2 Å². The average molecular weight is 444 g/mol. The van der Waals surface area contributed by atoms with E-state index in [0.717, 1.165) is 12.8 Å². The molecule has 8 atom stereocenters. The summed E-state index contributed by atoms with van der Waals surface area (Å²) in [5.41, 5.74) is 0. The molecule has 0 spiro atoms. The lowest BCUT2D eigenvalue weighted by Gasteiger charge is -2.34. The van der Waals surface area contributed by atoms with E-state index in [4.69, 9.17) is 0 Å².